The predicted molar refractivity (Wildman–Crippen MR) is 116 cm³/mol. The van der Waals surface area contributed by atoms with E-state index in [-0.39, 0.29) is 29.9 Å². The summed E-state index contributed by atoms with van der Waals surface area (Å²) < 4.78 is 17.0. The Morgan fingerprint density at radius 3 is 2.13 bits per heavy atom. The van der Waals surface area contributed by atoms with Crippen LogP contribution in [-0.4, -0.2) is 55.5 Å². The first-order chi connectivity index (χ1) is 14.3. The van der Waals surface area contributed by atoms with Crippen LogP contribution in [0, 0.1) is 5.92 Å². The third-order valence-corrected chi connectivity index (χ3v) is 5.60. The van der Waals surface area contributed by atoms with Crippen LogP contribution in [0.4, 0.5) is 0 Å². The summed E-state index contributed by atoms with van der Waals surface area (Å²) in [6, 6.07) is 0.116. The van der Waals surface area contributed by atoms with Gasteiger partial charge in [0.25, 0.3) is 0 Å². The number of carbonyl (C=O) groups is 2. The van der Waals surface area contributed by atoms with E-state index in [0.717, 1.165) is 51.4 Å². The fraction of sp³-hybridized carbons (Fsp3) is 0.826. The van der Waals surface area contributed by atoms with Crippen LogP contribution >= 0.6 is 0 Å². The lowest BCUT2D eigenvalue weighted by Crippen LogP contribution is -2.39. The van der Waals surface area contributed by atoms with Crippen LogP contribution < -0.4 is 11.1 Å². The molecule has 0 radical (unpaired) electrons. The lowest BCUT2D eigenvalue weighted by atomic mass is 9.86. The quantitative estimate of drug-likeness (QED) is 0.436. The lowest BCUT2D eigenvalue weighted by molar-refractivity contribution is -0.161. The van der Waals surface area contributed by atoms with Crippen molar-refractivity contribution in [2.75, 3.05) is 19.8 Å². The summed E-state index contributed by atoms with van der Waals surface area (Å²) >= 11 is 0. The molecule has 0 bridgehead atoms. The molecule has 2 aliphatic carbocycles. The molecule has 7 heteroatoms. The first-order valence-corrected chi connectivity index (χ1v) is 11.4. The first kappa shape index (κ1) is 24.8. The zero-order valence-corrected chi connectivity index (χ0v) is 18.9. The number of ether oxygens (including phenoxy) is 3. The number of rotatable bonds is 9. The van der Waals surface area contributed by atoms with Crippen molar-refractivity contribution in [3.05, 3.63) is 12.2 Å². The second-order valence-corrected chi connectivity index (χ2v) is 9.38. The monoisotopic (exact) mass is 424 g/mol. The molecule has 1 amide bonds. The number of carbonyl (C=O) groups excluding carboxylic acids is 2. The van der Waals surface area contributed by atoms with Crippen LogP contribution in [0.2, 0.25) is 0 Å². The zero-order valence-electron chi connectivity index (χ0n) is 18.9. The summed E-state index contributed by atoms with van der Waals surface area (Å²) in [5, 5.41) is 3.03. The Morgan fingerprint density at radius 2 is 1.57 bits per heavy atom. The normalized spacial score (nSPS) is 27.7. The zero-order chi connectivity index (χ0) is 22.0. The number of nitrogens with two attached hydrogens (primary N) is 1. The number of hydrogen-bond donors (Lipinski definition) is 2. The van der Waals surface area contributed by atoms with Gasteiger partial charge in [-0.15, -0.1) is 0 Å². The molecule has 0 aromatic rings. The van der Waals surface area contributed by atoms with E-state index in [1.807, 2.05) is 20.8 Å². The molecule has 7 nitrogen and oxygen atoms in total. The molecular formula is C23H40N2O5. The number of amides is 1. The molecule has 0 unspecified atom stereocenters. The minimum Gasteiger partial charge on any atom is -0.460 e. The van der Waals surface area contributed by atoms with Crippen molar-refractivity contribution in [1.29, 1.82) is 0 Å². The summed E-state index contributed by atoms with van der Waals surface area (Å²) in [7, 11) is 0. The van der Waals surface area contributed by atoms with Gasteiger partial charge in [0, 0.05) is 18.7 Å². The van der Waals surface area contributed by atoms with E-state index in [0.29, 0.717) is 25.9 Å². The highest BCUT2D eigenvalue weighted by atomic mass is 16.6. The maximum atomic E-state index is 12.2. The van der Waals surface area contributed by atoms with Crippen LogP contribution in [0.3, 0.4) is 0 Å². The predicted octanol–water partition coefficient (Wildman–Crippen LogP) is 2.86. The molecule has 30 heavy (non-hydrogen) atoms. The molecule has 0 aromatic carbocycles. The van der Waals surface area contributed by atoms with Crippen molar-refractivity contribution < 1.29 is 23.8 Å². The van der Waals surface area contributed by atoms with Crippen molar-refractivity contribution >= 4 is 11.9 Å². The van der Waals surface area contributed by atoms with Gasteiger partial charge in [0.15, 0.2) is 0 Å². The smallest absolute Gasteiger partial charge is 0.309 e. The van der Waals surface area contributed by atoms with Crippen molar-refractivity contribution in [2.45, 2.75) is 96.0 Å². The highest BCUT2D eigenvalue weighted by molar-refractivity contribution is 5.87. The molecule has 2 aliphatic rings. The fourth-order valence-corrected chi connectivity index (χ4v) is 4.05. The largest absolute Gasteiger partial charge is 0.460 e. The number of nitrogens with one attached hydrogen (secondary N) is 1. The van der Waals surface area contributed by atoms with E-state index in [1.165, 1.54) is 0 Å². The minimum atomic E-state index is -0.452. The van der Waals surface area contributed by atoms with Gasteiger partial charge >= 0.3 is 5.97 Å². The van der Waals surface area contributed by atoms with E-state index >= 15 is 0 Å². The summed E-state index contributed by atoms with van der Waals surface area (Å²) in [5.41, 5.74) is 5.02. The summed E-state index contributed by atoms with van der Waals surface area (Å²) in [6.45, 7) is 7.28. The molecule has 0 saturated heterocycles. The van der Waals surface area contributed by atoms with Gasteiger partial charge in [-0.2, -0.15) is 0 Å². The third kappa shape index (κ3) is 9.58. The van der Waals surface area contributed by atoms with E-state index in [1.54, 1.807) is 12.2 Å². The molecule has 2 saturated carbocycles. The van der Waals surface area contributed by atoms with E-state index in [2.05, 4.69) is 5.32 Å². The van der Waals surface area contributed by atoms with Gasteiger partial charge in [-0.3, -0.25) is 9.59 Å². The molecule has 0 atom stereocenters. The fourth-order valence-electron chi connectivity index (χ4n) is 4.05. The standard InChI is InChI=1S/C23H40N2O5/c1-23(2,3)30-22(27)17-6-8-18(9-7-17)25-21(26)5-4-15-28-19-10-12-20(13-11-19)29-16-14-24/h4-5,17-20H,6-16,24H2,1-3H3,(H,25,26)/b5-4+. The van der Waals surface area contributed by atoms with Crippen LogP contribution in [0.15, 0.2) is 12.2 Å². The Kier molecular flexibility index (Phi) is 10.3. The Balaban J connectivity index is 1.57. The lowest BCUT2D eigenvalue weighted by Gasteiger charge is -2.30. The number of hydrogen-bond acceptors (Lipinski definition) is 6. The van der Waals surface area contributed by atoms with Crippen LogP contribution in [0.25, 0.3) is 0 Å². The van der Waals surface area contributed by atoms with Gasteiger partial charge in [-0.05, 0) is 72.1 Å². The minimum absolute atomic E-state index is 0.0582. The average molecular weight is 425 g/mol. The summed E-state index contributed by atoms with van der Waals surface area (Å²) in [4.78, 5) is 24.3. The van der Waals surface area contributed by atoms with Gasteiger partial charge in [0.05, 0.1) is 31.3 Å². The maximum Gasteiger partial charge on any atom is 0.309 e. The van der Waals surface area contributed by atoms with E-state index < -0.39 is 5.60 Å². The Labute approximate surface area is 181 Å². The molecular weight excluding hydrogens is 384 g/mol. The summed E-state index contributed by atoms with van der Waals surface area (Å²) in [5.74, 6) is -0.278. The molecule has 0 heterocycles. The molecule has 0 aliphatic heterocycles. The SMILES string of the molecule is CC(C)(C)OC(=O)C1CCC(NC(=O)/C=C/COC2CCC(OCCN)CC2)CC1. The second-order valence-electron chi connectivity index (χ2n) is 9.38. The van der Waals surface area contributed by atoms with Crippen LogP contribution in [0.1, 0.15) is 72.1 Å². The third-order valence-electron chi connectivity index (χ3n) is 5.60. The van der Waals surface area contributed by atoms with Crippen LogP contribution in [-0.2, 0) is 23.8 Å². The van der Waals surface area contributed by atoms with E-state index in [9.17, 15) is 9.59 Å². The van der Waals surface area contributed by atoms with Gasteiger partial charge < -0.3 is 25.3 Å². The average Bonchev–Trinajstić information content (AvgIpc) is 2.70. The van der Waals surface area contributed by atoms with Gasteiger partial charge in [0.1, 0.15) is 5.60 Å². The molecule has 0 spiro atoms. The Bertz CT molecular complexity index is 556. The highest BCUT2D eigenvalue weighted by Gasteiger charge is 2.30. The number of esters is 1. The molecule has 2 fully saturated rings. The van der Waals surface area contributed by atoms with Crippen molar-refractivity contribution in [2.24, 2.45) is 11.7 Å². The highest BCUT2D eigenvalue weighted by Crippen LogP contribution is 2.27. The Hall–Kier alpha value is -1.44. The summed E-state index contributed by atoms with van der Waals surface area (Å²) in [6.07, 6.45) is 10.9. The topological polar surface area (TPSA) is 99.9 Å². The van der Waals surface area contributed by atoms with Crippen molar-refractivity contribution in [3.63, 3.8) is 0 Å². The maximum absolute atomic E-state index is 12.2. The van der Waals surface area contributed by atoms with Gasteiger partial charge in [0.2, 0.25) is 5.91 Å². The molecule has 2 rings (SSSR count). The van der Waals surface area contributed by atoms with Crippen LogP contribution in [0.5, 0.6) is 0 Å². The second kappa shape index (κ2) is 12.4. The molecule has 3 N–H and O–H groups in total. The first-order valence-electron chi connectivity index (χ1n) is 11.4. The van der Waals surface area contributed by atoms with Crippen molar-refractivity contribution in [1.82, 2.24) is 5.32 Å². The molecule has 172 valence electrons. The van der Waals surface area contributed by atoms with Gasteiger partial charge in [-0.25, -0.2) is 0 Å². The van der Waals surface area contributed by atoms with E-state index in [4.69, 9.17) is 19.9 Å². The molecule has 0 aromatic heterocycles. The van der Waals surface area contributed by atoms with Gasteiger partial charge in [-0.1, -0.05) is 6.08 Å². The Morgan fingerprint density at radius 1 is 0.967 bits per heavy atom. The van der Waals surface area contributed by atoms with Crippen molar-refractivity contribution in [3.8, 4) is 0 Å².